The number of nitrogens with one attached hydrogen (secondary N) is 1. The highest BCUT2D eigenvalue weighted by molar-refractivity contribution is 5.29. The van der Waals surface area contributed by atoms with Crippen molar-refractivity contribution in [3.8, 4) is 0 Å². The molecule has 0 aliphatic carbocycles. The minimum absolute atomic E-state index is 0.661. The number of aromatic nitrogens is 3. The number of nitrogens with two attached hydrogens (primary N) is 1. The molecular weight excluding hydrogens is 226 g/mol. The third kappa shape index (κ3) is 3.22. The van der Waals surface area contributed by atoms with Gasteiger partial charge in [0.1, 0.15) is 5.82 Å². The molecule has 5 heteroatoms. The van der Waals surface area contributed by atoms with E-state index in [2.05, 4.69) is 33.9 Å². The minimum Gasteiger partial charge on any atom is -0.340 e. The first-order valence-corrected chi connectivity index (χ1v) is 7.09. The zero-order valence-corrected chi connectivity index (χ0v) is 11.5. The molecule has 102 valence electrons. The SMILES string of the molecule is CCC(C)Cc1nc(N2CCC(CN)CC2)n[nH]1. The molecule has 0 radical (unpaired) electrons. The first-order valence-electron chi connectivity index (χ1n) is 7.09. The van der Waals surface area contributed by atoms with E-state index in [1.165, 1.54) is 6.42 Å². The Morgan fingerprint density at radius 2 is 2.17 bits per heavy atom. The molecular formula is C13H25N5. The smallest absolute Gasteiger partial charge is 0.244 e. The first kappa shape index (κ1) is 13.3. The topological polar surface area (TPSA) is 70.8 Å². The van der Waals surface area contributed by atoms with Crippen LogP contribution < -0.4 is 10.6 Å². The van der Waals surface area contributed by atoms with Crippen LogP contribution in [0, 0.1) is 11.8 Å². The van der Waals surface area contributed by atoms with Gasteiger partial charge in [-0.2, -0.15) is 4.98 Å². The zero-order chi connectivity index (χ0) is 13.0. The Bertz CT molecular complexity index is 354. The molecule has 1 aromatic rings. The van der Waals surface area contributed by atoms with Crippen LogP contribution in [0.2, 0.25) is 0 Å². The zero-order valence-electron chi connectivity index (χ0n) is 11.5. The molecule has 2 rings (SSSR count). The fourth-order valence-corrected chi connectivity index (χ4v) is 2.36. The predicted octanol–water partition coefficient (Wildman–Crippen LogP) is 1.57. The molecule has 1 aromatic heterocycles. The average Bonchev–Trinajstić information content (AvgIpc) is 2.87. The van der Waals surface area contributed by atoms with Crippen LogP contribution in [0.3, 0.4) is 0 Å². The Kier molecular flexibility index (Phi) is 4.58. The maximum Gasteiger partial charge on any atom is 0.244 e. The lowest BCUT2D eigenvalue weighted by atomic mass is 9.97. The Morgan fingerprint density at radius 1 is 1.44 bits per heavy atom. The van der Waals surface area contributed by atoms with Gasteiger partial charge in [-0.3, -0.25) is 5.10 Å². The molecule has 0 bridgehead atoms. The van der Waals surface area contributed by atoms with Crippen LogP contribution in [0.1, 0.15) is 38.9 Å². The van der Waals surface area contributed by atoms with Crippen molar-refractivity contribution in [3.63, 3.8) is 0 Å². The van der Waals surface area contributed by atoms with Gasteiger partial charge in [0.05, 0.1) is 0 Å². The summed E-state index contributed by atoms with van der Waals surface area (Å²) in [4.78, 5) is 6.87. The molecule has 1 atom stereocenters. The van der Waals surface area contributed by atoms with E-state index in [0.29, 0.717) is 11.8 Å². The molecule has 5 nitrogen and oxygen atoms in total. The van der Waals surface area contributed by atoms with Crippen molar-refractivity contribution in [2.45, 2.75) is 39.5 Å². The second-order valence-corrected chi connectivity index (χ2v) is 5.47. The molecule has 0 spiro atoms. The molecule has 1 aliphatic rings. The summed E-state index contributed by atoms with van der Waals surface area (Å²) in [6.45, 7) is 7.32. The molecule has 0 saturated carbocycles. The number of nitrogens with zero attached hydrogens (tertiary/aromatic N) is 3. The predicted molar refractivity (Wildman–Crippen MR) is 73.5 cm³/mol. The molecule has 0 amide bonds. The quantitative estimate of drug-likeness (QED) is 0.833. The lowest BCUT2D eigenvalue weighted by molar-refractivity contribution is 0.411. The van der Waals surface area contributed by atoms with Gasteiger partial charge in [-0.1, -0.05) is 20.3 Å². The van der Waals surface area contributed by atoms with Gasteiger partial charge in [0.15, 0.2) is 0 Å². The third-order valence-corrected chi connectivity index (χ3v) is 3.99. The minimum atomic E-state index is 0.661. The summed E-state index contributed by atoms with van der Waals surface area (Å²) in [6, 6.07) is 0. The van der Waals surface area contributed by atoms with Crippen molar-refractivity contribution in [1.29, 1.82) is 0 Å². The summed E-state index contributed by atoms with van der Waals surface area (Å²) in [5.74, 6) is 3.22. The highest BCUT2D eigenvalue weighted by atomic mass is 15.4. The second kappa shape index (κ2) is 6.18. The molecule has 2 heterocycles. The Labute approximate surface area is 109 Å². The van der Waals surface area contributed by atoms with Crippen LogP contribution in [-0.4, -0.2) is 34.8 Å². The lowest BCUT2D eigenvalue weighted by Gasteiger charge is -2.30. The lowest BCUT2D eigenvalue weighted by Crippen LogP contribution is -2.36. The fourth-order valence-electron chi connectivity index (χ4n) is 2.36. The summed E-state index contributed by atoms with van der Waals surface area (Å²) < 4.78 is 0. The molecule has 1 saturated heterocycles. The fraction of sp³-hybridized carbons (Fsp3) is 0.846. The van der Waals surface area contributed by atoms with Crippen LogP contribution in [0.5, 0.6) is 0 Å². The number of anilines is 1. The first-order chi connectivity index (χ1) is 8.72. The maximum absolute atomic E-state index is 5.71. The van der Waals surface area contributed by atoms with Crippen molar-refractivity contribution in [3.05, 3.63) is 5.82 Å². The number of hydrogen-bond acceptors (Lipinski definition) is 4. The van der Waals surface area contributed by atoms with Crippen molar-refractivity contribution in [2.75, 3.05) is 24.5 Å². The number of aromatic amines is 1. The molecule has 0 aromatic carbocycles. The summed E-state index contributed by atoms with van der Waals surface area (Å²) in [6.07, 6.45) is 4.48. The van der Waals surface area contributed by atoms with E-state index in [0.717, 1.165) is 50.7 Å². The van der Waals surface area contributed by atoms with E-state index in [-0.39, 0.29) is 0 Å². The van der Waals surface area contributed by atoms with Crippen LogP contribution in [-0.2, 0) is 6.42 Å². The molecule has 1 unspecified atom stereocenters. The van der Waals surface area contributed by atoms with Crippen LogP contribution >= 0.6 is 0 Å². The van der Waals surface area contributed by atoms with Gasteiger partial charge in [0, 0.05) is 19.5 Å². The Balaban J connectivity index is 1.90. The normalized spacial score (nSPS) is 19.2. The monoisotopic (exact) mass is 251 g/mol. The van der Waals surface area contributed by atoms with Crippen molar-refractivity contribution < 1.29 is 0 Å². The molecule has 1 fully saturated rings. The van der Waals surface area contributed by atoms with E-state index < -0.39 is 0 Å². The summed E-state index contributed by atoms with van der Waals surface area (Å²) in [7, 11) is 0. The standard InChI is InChI=1S/C13H25N5/c1-3-10(2)8-12-15-13(17-16-12)18-6-4-11(9-14)5-7-18/h10-11H,3-9,14H2,1-2H3,(H,15,16,17). The van der Waals surface area contributed by atoms with E-state index in [1.807, 2.05) is 0 Å². The summed E-state index contributed by atoms with van der Waals surface area (Å²) >= 11 is 0. The second-order valence-electron chi connectivity index (χ2n) is 5.47. The van der Waals surface area contributed by atoms with Gasteiger partial charge in [0.2, 0.25) is 5.95 Å². The van der Waals surface area contributed by atoms with Crippen molar-refractivity contribution in [2.24, 2.45) is 17.6 Å². The van der Waals surface area contributed by atoms with Crippen molar-refractivity contribution in [1.82, 2.24) is 15.2 Å². The van der Waals surface area contributed by atoms with E-state index >= 15 is 0 Å². The van der Waals surface area contributed by atoms with E-state index in [4.69, 9.17) is 5.73 Å². The van der Waals surface area contributed by atoms with Gasteiger partial charge in [-0.15, -0.1) is 5.10 Å². The Morgan fingerprint density at radius 3 is 2.78 bits per heavy atom. The van der Waals surface area contributed by atoms with Crippen LogP contribution in [0.25, 0.3) is 0 Å². The van der Waals surface area contributed by atoms with Crippen LogP contribution in [0.15, 0.2) is 0 Å². The van der Waals surface area contributed by atoms with E-state index in [1.54, 1.807) is 0 Å². The largest absolute Gasteiger partial charge is 0.340 e. The van der Waals surface area contributed by atoms with Gasteiger partial charge >= 0.3 is 0 Å². The summed E-state index contributed by atoms with van der Waals surface area (Å²) in [5.41, 5.74) is 5.71. The number of H-pyrrole nitrogens is 1. The van der Waals surface area contributed by atoms with Crippen LogP contribution in [0.4, 0.5) is 5.95 Å². The third-order valence-electron chi connectivity index (χ3n) is 3.99. The van der Waals surface area contributed by atoms with Gasteiger partial charge < -0.3 is 10.6 Å². The van der Waals surface area contributed by atoms with Gasteiger partial charge in [-0.05, 0) is 31.2 Å². The highest BCUT2D eigenvalue weighted by Crippen LogP contribution is 2.20. The summed E-state index contributed by atoms with van der Waals surface area (Å²) in [5, 5.41) is 7.40. The number of piperidine rings is 1. The average molecular weight is 251 g/mol. The number of hydrogen-bond donors (Lipinski definition) is 2. The molecule has 18 heavy (non-hydrogen) atoms. The number of rotatable bonds is 5. The van der Waals surface area contributed by atoms with Gasteiger partial charge in [0.25, 0.3) is 0 Å². The molecule has 3 N–H and O–H groups in total. The van der Waals surface area contributed by atoms with Crippen molar-refractivity contribution >= 4 is 5.95 Å². The Hall–Kier alpha value is -1.10. The van der Waals surface area contributed by atoms with Gasteiger partial charge in [-0.25, -0.2) is 0 Å². The maximum atomic E-state index is 5.71. The molecule has 1 aliphatic heterocycles. The van der Waals surface area contributed by atoms with E-state index in [9.17, 15) is 0 Å². The highest BCUT2D eigenvalue weighted by Gasteiger charge is 2.21.